The van der Waals surface area contributed by atoms with Crippen LogP contribution in [-0.4, -0.2) is 54.4 Å². The maximum absolute atomic E-state index is 11.4. The Kier molecular flexibility index (Phi) is 7.62. The first-order valence-corrected chi connectivity index (χ1v) is 7.61. The third kappa shape index (κ3) is 5.08. The predicted octanol–water partition coefficient (Wildman–Crippen LogP) is 2.11. The van der Waals surface area contributed by atoms with Crippen LogP contribution < -0.4 is 4.90 Å². The van der Waals surface area contributed by atoms with Crippen LogP contribution in [0.25, 0.3) is 0 Å². The van der Waals surface area contributed by atoms with Gasteiger partial charge in [0.2, 0.25) is 0 Å². The molecule has 0 amide bonds. The molecule has 0 heterocycles. The average Bonchev–Trinajstić information content (AvgIpc) is 2.22. The van der Waals surface area contributed by atoms with Gasteiger partial charge in [0.25, 0.3) is 10.1 Å². The summed E-state index contributed by atoms with van der Waals surface area (Å²) < 4.78 is 32.1. The van der Waals surface area contributed by atoms with Crippen molar-refractivity contribution in [1.29, 1.82) is 0 Å². The van der Waals surface area contributed by atoms with Crippen LogP contribution in [0, 0.1) is 13.8 Å². The summed E-state index contributed by atoms with van der Waals surface area (Å²) in [7, 11) is -4.07. The van der Waals surface area contributed by atoms with Crippen molar-refractivity contribution in [2.75, 3.05) is 11.4 Å². The zero-order valence-electron chi connectivity index (χ0n) is 11.3. The maximum atomic E-state index is 11.4. The second-order valence-electron chi connectivity index (χ2n) is 4.51. The van der Waals surface area contributed by atoms with Gasteiger partial charge in [-0.1, -0.05) is 13.0 Å². The molecule has 1 atom stereocenters. The van der Waals surface area contributed by atoms with Gasteiger partial charge in [-0.2, -0.15) is 8.42 Å². The van der Waals surface area contributed by atoms with Crippen LogP contribution in [0.1, 0.15) is 31.4 Å². The van der Waals surface area contributed by atoms with Crippen LogP contribution in [0.15, 0.2) is 18.2 Å². The average molecular weight is 295 g/mol. The molecule has 0 aromatic heterocycles. The van der Waals surface area contributed by atoms with E-state index >= 15 is 0 Å². The Morgan fingerprint density at radius 1 is 1.16 bits per heavy atom. The van der Waals surface area contributed by atoms with Crippen LogP contribution in [0.2, 0.25) is 0 Å². The first-order valence-electron chi connectivity index (χ1n) is 6.10. The Hall–Kier alpha value is -0.0700. The van der Waals surface area contributed by atoms with Gasteiger partial charge in [-0.25, -0.2) is 0 Å². The van der Waals surface area contributed by atoms with Gasteiger partial charge in [0, 0.05) is 12.2 Å². The van der Waals surface area contributed by atoms with Gasteiger partial charge in [0.05, 0.1) is 0 Å². The van der Waals surface area contributed by atoms with Crippen molar-refractivity contribution < 1.29 is 13.0 Å². The molecule has 0 radical (unpaired) electrons. The topological polar surface area (TPSA) is 57.6 Å². The van der Waals surface area contributed by atoms with E-state index < -0.39 is 15.5 Å². The molecule has 1 aromatic carbocycles. The Morgan fingerprint density at radius 3 is 1.95 bits per heavy atom. The molecule has 0 saturated heterocycles. The first-order chi connectivity index (χ1) is 8.29. The van der Waals surface area contributed by atoms with Crippen molar-refractivity contribution in [3.63, 3.8) is 0 Å². The molecule has 19 heavy (non-hydrogen) atoms. The van der Waals surface area contributed by atoms with E-state index in [1.165, 1.54) is 0 Å². The quantitative estimate of drug-likeness (QED) is 0.667. The Balaban J connectivity index is 0.00000324. The molecule has 0 fully saturated rings. The van der Waals surface area contributed by atoms with Crippen molar-refractivity contribution >= 4 is 45.4 Å². The SMILES string of the molecule is CCC(N(CC)c1cc(C)cc(C)c1)S(=O)(=O)O.[NaH]. The van der Waals surface area contributed by atoms with Crippen LogP contribution in [0.5, 0.6) is 0 Å². The summed E-state index contributed by atoms with van der Waals surface area (Å²) in [6.45, 7) is 8.11. The molecule has 1 N–H and O–H groups in total. The molecular formula is C13H22NNaO3S. The Labute approximate surface area is 138 Å². The molecule has 0 spiro atoms. The van der Waals surface area contributed by atoms with Gasteiger partial charge >= 0.3 is 29.6 Å². The number of nitrogens with zero attached hydrogens (tertiary/aromatic N) is 1. The molecular weight excluding hydrogens is 273 g/mol. The molecule has 6 heteroatoms. The molecule has 4 nitrogen and oxygen atoms in total. The van der Waals surface area contributed by atoms with Gasteiger partial charge in [-0.05, 0) is 50.5 Å². The van der Waals surface area contributed by atoms with Crippen LogP contribution in [0.3, 0.4) is 0 Å². The Bertz CT molecular complexity index is 496. The van der Waals surface area contributed by atoms with Gasteiger partial charge in [0.1, 0.15) is 0 Å². The summed E-state index contributed by atoms with van der Waals surface area (Å²) in [6.07, 6.45) is 0.347. The van der Waals surface area contributed by atoms with Crippen molar-refractivity contribution in [2.45, 2.75) is 39.5 Å². The predicted molar refractivity (Wildman–Crippen MR) is 81.7 cm³/mol. The normalized spacial score (nSPS) is 12.7. The van der Waals surface area contributed by atoms with Crippen LogP contribution in [-0.2, 0) is 10.1 Å². The molecule has 0 aliphatic carbocycles. The zero-order chi connectivity index (χ0) is 13.9. The Morgan fingerprint density at radius 2 is 1.63 bits per heavy atom. The molecule has 1 rings (SSSR count). The molecule has 0 aliphatic heterocycles. The van der Waals surface area contributed by atoms with Crippen molar-refractivity contribution in [1.82, 2.24) is 0 Å². The fourth-order valence-corrected chi connectivity index (χ4v) is 3.27. The monoisotopic (exact) mass is 295 g/mol. The second kappa shape index (κ2) is 7.64. The second-order valence-corrected chi connectivity index (χ2v) is 6.08. The fraction of sp³-hybridized carbons (Fsp3) is 0.538. The van der Waals surface area contributed by atoms with E-state index in [0.29, 0.717) is 13.0 Å². The third-order valence-corrected chi connectivity index (χ3v) is 4.19. The van der Waals surface area contributed by atoms with Gasteiger partial charge in [0.15, 0.2) is 5.37 Å². The molecule has 0 aliphatic rings. The summed E-state index contributed by atoms with van der Waals surface area (Å²) >= 11 is 0. The molecule has 1 unspecified atom stereocenters. The third-order valence-electron chi connectivity index (χ3n) is 2.92. The molecule has 0 saturated carbocycles. The number of benzene rings is 1. The van der Waals surface area contributed by atoms with Gasteiger partial charge in [-0.3, -0.25) is 4.55 Å². The van der Waals surface area contributed by atoms with Gasteiger partial charge in [-0.15, -0.1) is 0 Å². The summed E-state index contributed by atoms with van der Waals surface area (Å²) in [5.74, 6) is 0. The minimum absolute atomic E-state index is 0. The summed E-state index contributed by atoms with van der Waals surface area (Å²) in [6, 6.07) is 5.90. The molecule has 104 valence electrons. The van der Waals surface area contributed by atoms with Crippen molar-refractivity contribution in [2.24, 2.45) is 0 Å². The fourth-order valence-electron chi connectivity index (χ4n) is 2.26. The number of rotatable bonds is 5. The van der Waals surface area contributed by atoms with E-state index in [9.17, 15) is 13.0 Å². The zero-order valence-corrected chi connectivity index (χ0v) is 12.2. The number of anilines is 1. The summed E-state index contributed by atoms with van der Waals surface area (Å²) in [4.78, 5) is 1.72. The first kappa shape index (κ1) is 18.9. The summed E-state index contributed by atoms with van der Waals surface area (Å²) in [5, 5.41) is -0.885. The number of aryl methyl sites for hydroxylation is 2. The van der Waals surface area contributed by atoms with E-state index in [1.807, 2.05) is 39.0 Å². The van der Waals surface area contributed by atoms with Crippen molar-refractivity contribution in [3.05, 3.63) is 29.3 Å². The van der Waals surface area contributed by atoms with Crippen molar-refractivity contribution in [3.8, 4) is 0 Å². The number of hydrogen-bond donors (Lipinski definition) is 1. The minimum atomic E-state index is -4.07. The van der Waals surface area contributed by atoms with E-state index in [-0.39, 0.29) is 29.6 Å². The van der Waals surface area contributed by atoms with Crippen LogP contribution in [0.4, 0.5) is 5.69 Å². The summed E-state index contributed by atoms with van der Waals surface area (Å²) in [5.41, 5.74) is 2.99. The molecule has 0 bridgehead atoms. The van der Waals surface area contributed by atoms with E-state index in [0.717, 1.165) is 16.8 Å². The van der Waals surface area contributed by atoms with Crippen LogP contribution >= 0.6 is 0 Å². The van der Waals surface area contributed by atoms with E-state index in [2.05, 4.69) is 0 Å². The van der Waals surface area contributed by atoms with E-state index in [4.69, 9.17) is 0 Å². The van der Waals surface area contributed by atoms with Gasteiger partial charge < -0.3 is 4.90 Å². The standard InChI is InChI=1S/C13H21NO3S.Na.H/c1-5-13(18(15,16)17)14(6-2)12-8-10(3)7-11(4)9-12;;/h7-9,13H,5-6H2,1-4H3,(H,15,16,17);;. The van der Waals surface area contributed by atoms with E-state index in [1.54, 1.807) is 11.8 Å². The molecule has 1 aromatic rings. The number of hydrogen-bond acceptors (Lipinski definition) is 3.